The molecule has 7 N–H and O–H groups in total. The van der Waals surface area contributed by atoms with Gasteiger partial charge in [-0.05, 0) is 74.3 Å². The molecule has 0 aliphatic carbocycles. The number of nitrogens with one attached hydrogen (secondary N) is 2. The standard InChI is InChI=1S/C27H34N6O4/c1-27(29,18-34)23(35)12-7-19-3-8-21(9-4-19)25(36)31-24-13-16-33(26(37)32-24)22-10-5-20(6-11-22)17-30-15-2-14-28/h3-6,8-11,13,16,30,34H,2,7,12,14-15,17-18,28-29H2,1H3,(H,31,32,36,37). The summed E-state index contributed by atoms with van der Waals surface area (Å²) in [4.78, 5) is 41.3. The largest absolute Gasteiger partial charge is 0.394 e. The van der Waals surface area contributed by atoms with Crippen molar-refractivity contribution in [3.05, 3.63) is 88.0 Å². The van der Waals surface area contributed by atoms with Gasteiger partial charge in [0, 0.05) is 24.7 Å². The highest BCUT2D eigenvalue weighted by atomic mass is 16.3. The first kappa shape index (κ1) is 27.9. The van der Waals surface area contributed by atoms with E-state index >= 15 is 0 Å². The number of Topliss-reactive ketones (excluding diaryl/α,β-unsaturated/α-hetero) is 1. The van der Waals surface area contributed by atoms with Crippen molar-refractivity contribution in [3.63, 3.8) is 0 Å². The van der Waals surface area contributed by atoms with Gasteiger partial charge in [0.2, 0.25) is 0 Å². The second-order valence-corrected chi connectivity index (χ2v) is 9.10. The van der Waals surface area contributed by atoms with Gasteiger partial charge in [0.1, 0.15) is 5.82 Å². The van der Waals surface area contributed by atoms with Crippen LogP contribution in [0.25, 0.3) is 5.69 Å². The molecule has 1 unspecified atom stereocenters. The Morgan fingerprint density at radius 2 is 1.73 bits per heavy atom. The van der Waals surface area contributed by atoms with Gasteiger partial charge >= 0.3 is 5.69 Å². The number of nitrogens with zero attached hydrogens (tertiary/aromatic N) is 2. The van der Waals surface area contributed by atoms with Crippen LogP contribution in [0.1, 0.15) is 41.3 Å². The predicted octanol–water partition coefficient (Wildman–Crippen LogP) is 1.13. The van der Waals surface area contributed by atoms with Gasteiger partial charge in [-0.3, -0.25) is 14.2 Å². The molecule has 0 spiro atoms. The van der Waals surface area contributed by atoms with Crippen molar-refractivity contribution in [1.82, 2.24) is 14.9 Å². The summed E-state index contributed by atoms with van der Waals surface area (Å²) in [7, 11) is 0. The van der Waals surface area contributed by atoms with Gasteiger partial charge in [-0.15, -0.1) is 0 Å². The fraction of sp³-hybridized carbons (Fsp3) is 0.333. The molecule has 1 amide bonds. The molecule has 0 saturated carbocycles. The number of aryl methyl sites for hydroxylation is 1. The summed E-state index contributed by atoms with van der Waals surface area (Å²) in [5, 5.41) is 15.1. The lowest BCUT2D eigenvalue weighted by molar-refractivity contribution is -0.124. The van der Waals surface area contributed by atoms with E-state index in [2.05, 4.69) is 15.6 Å². The minimum Gasteiger partial charge on any atom is -0.394 e. The molecule has 2 aromatic carbocycles. The van der Waals surface area contributed by atoms with Crippen molar-refractivity contribution < 1.29 is 14.7 Å². The summed E-state index contributed by atoms with van der Waals surface area (Å²) in [5.74, 6) is -0.495. The second-order valence-electron chi connectivity index (χ2n) is 9.10. The van der Waals surface area contributed by atoms with Crippen LogP contribution < -0.4 is 27.8 Å². The number of amides is 1. The van der Waals surface area contributed by atoms with Gasteiger partial charge in [0.05, 0.1) is 17.8 Å². The molecular formula is C27H34N6O4. The zero-order chi connectivity index (χ0) is 26.8. The smallest absolute Gasteiger partial charge is 0.354 e. The first-order valence-corrected chi connectivity index (χ1v) is 12.2. The van der Waals surface area contributed by atoms with E-state index < -0.39 is 23.7 Å². The summed E-state index contributed by atoms with van der Waals surface area (Å²) in [5.41, 5.74) is 12.5. The molecule has 0 radical (unpaired) electrons. The van der Waals surface area contributed by atoms with Gasteiger partial charge in [-0.2, -0.15) is 4.98 Å². The van der Waals surface area contributed by atoms with Crippen LogP contribution in [0.2, 0.25) is 0 Å². The number of rotatable bonds is 13. The van der Waals surface area contributed by atoms with Crippen molar-refractivity contribution in [1.29, 1.82) is 0 Å². The van der Waals surface area contributed by atoms with Crippen LogP contribution in [0.5, 0.6) is 0 Å². The minimum atomic E-state index is -1.26. The van der Waals surface area contributed by atoms with Gasteiger partial charge in [-0.1, -0.05) is 24.3 Å². The Hall–Kier alpha value is -3.70. The maximum absolute atomic E-state index is 12.6. The van der Waals surface area contributed by atoms with Crippen molar-refractivity contribution >= 4 is 17.5 Å². The molecule has 0 fully saturated rings. The van der Waals surface area contributed by atoms with E-state index in [0.717, 1.165) is 24.1 Å². The number of hydrogen-bond donors (Lipinski definition) is 5. The Balaban J connectivity index is 1.58. The summed E-state index contributed by atoms with van der Waals surface area (Å²) < 4.78 is 1.40. The number of carbonyl (C=O) groups excluding carboxylic acids is 2. The van der Waals surface area contributed by atoms with Gasteiger partial charge < -0.3 is 27.2 Å². The average molecular weight is 507 g/mol. The Labute approximate surface area is 215 Å². The zero-order valence-electron chi connectivity index (χ0n) is 20.9. The van der Waals surface area contributed by atoms with Crippen LogP contribution in [-0.2, 0) is 17.8 Å². The average Bonchev–Trinajstić information content (AvgIpc) is 2.90. The quantitative estimate of drug-likeness (QED) is 0.215. The van der Waals surface area contributed by atoms with Crippen molar-refractivity contribution in [3.8, 4) is 5.69 Å². The fourth-order valence-corrected chi connectivity index (χ4v) is 3.55. The first-order valence-electron chi connectivity index (χ1n) is 12.2. The van der Waals surface area contributed by atoms with Crippen LogP contribution in [-0.4, -0.2) is 51.6 Å². The third-order valence-corrected chi connectivity index (χ3v) is 5.97. The van der Waals surface area contributed by atoms with E-state index in [4.69, 9.17) is 11.5 Å². The first-order chi connectivity index (χ1) is 17.7. The second kappa shape index (κ2) is 13.0. The summed E-state index contributed by atoms with van der Waals surface area (Å²) in [6.45, 7) is 3.29. The molecule has 10 nitrogen and oxygen atoms in total. The summed E-state index contributed by atoms with van der Waals surface area (Å²) >= 11 is 0. The molecule has 0 aliphatic rings. The number of benzene rings is 2. The zero-order valence-corrected chi connectivity index (χ0v) is 20.9. The highest BCUT2D eigenvalue weighted by Gasteiger charge is 2.26. The van der Waals surface area contributed by atoms with Crippen LogP contribution in [0.3, 0.4) is 0 Å². The van der Waals surface area contributed by atoms with Crippen LogP contribution >= 0.6 is 0 Å². The SMILES string of the molecule is CC(N)(CO)C(=O)CCc1ccc(C(=O)Nc2ccn(-c3ccc(CNCCCN)cc3)c(=O)n2)cc1. The number of aliphatic hydroxyl groups excluding tert-OH is 1. The molecule has 0 saturated heterocycles. The number of aliphatic hydroxyl groups is 1. The van der Waals surface area contributed by atoms with Crippen LogP contribution in [0, 0.1) is 0 Å². The highest BCUT2D eigenvalue weighted by molar-refractivity contribution is 6.03. The highest BCUT2D eigenvalue weighted by Crippen LogP contribution is 2.13. The van der Waals surface area contributed by atoms with Crippen LogP contribution in [0.4, 0.5) is 5.82 Å². The predicted molar refractivity (Wildman–Crippen MR) is 143 cm³/mol. The lowest BCUT2D eigenvalue weighted by Crippen LogP contribution is -2.48. The number of carbonyl (C=O) groups is 2. The normalized spacial score (nSPS) is 12.6. The van der Waals surface area contributed by atoms with Gasteiger partial charge in [0.25, 0.3) is 5.91 Å². The van der Waals surface area contributed by atoms with E-state index in [1.807, 2.05) is 24.3 Å². The van der Waals surface area contributed by atoms with Crippen molar-refractivity contribution in [2.24, 2.45) is 11.5 Å². The Kier molecular flexibility index (Phi) is 9.81. The van der Waals surface area contributed by atoms with E-state index in [9.17, 15) is 19.5 Å². The van der Waals surface area contributed by atoms with Crippen molar-refractivity contribution in [2.75, 3.05) is 25.0 Å². The van der Waals surface area contributed by atoms with E-state index in [-0.39, 0.29) is 18.0 Å². The number of nitrogens with two attached hydrogens (primary N) is 2. The molecule has 0 aliphatic heterocycles. The molecule has 1 heterocycles. The van der Waals surface area contributed by atoms with E-state index in [1.165, 1.54) is 11.5 Å². The monoisotopic (exact) mass is 506 g/mol. The molecule has 3 rings (SSSR count). The Morgan fingerprint density at radius 3 is 2.35 bits per heavy atom. The number of hydrogen-bond acceptors (Lipinski definition) is 8. The molecule has 37 heavy (non-hydrogen) atoms. The van der Waals surface area contributed by atoms with E-state index in [1.54, 1.807) is 36.5 Å². The molecule has 1 aromatic heterocycles. The summed E-state index contributed by atoms with van der Waals surface area (Å²) in [6, 6.07) is 15.9. The Bertz CT molecular complexity index is 1250. The number of aromatic nitrogens is 2. The molecule has 1 atom stereocenters. The molecular weight excluding hydrogens is 472 g/mol. The molecule has 0 bridgehead atoms. The van der Waals surface area contributed by atoms with Crippen molar-refractivity contribution in [2.45, 2.75) is 38.3 Å². The topological polar surface area (TPSA) is 165 Å². The van der Waals surface area contributed by atoms with Gasteiger partial charge in [-0.25, -0.2) is 4.79 Å². The number of ketones is 1. The fourth-order valence-electron chi connectivity index (χ4n) is 3.55. The minimum absolute atomic E-state index is 0.146. The molecule has 3 aromatic rings. The molecule has 10 heteroatoms. The maximum Gasteiger partial charge on any atom is 0.354 e. The summed E-state index contributed by atoms with van der Waals surface area (Å²) in [6.07, 6.45) is 3.11. The lowest BCUT2D eigenvalue weighted by Gasteiger charge is -2.19. The molecule has 196 valence electrons. The van der Waals surface area contributed by atoms with Crippen LogP contribution in [0.15, 0.2) is 65.6 Å². The third kappa shape index (κ3) is 7.89. The lowest BCUT2D eigenvalue weighted by atomic mass is 9.94. The van der Waals surface area contributed by atoms with Gasteiger partial charge in [0.15, 0.2) is 5.78 Å². The van der Waals surface area contributed by atoms with E-state index in [0.29, 0.717) is 30.8 Å². The maximum atomic E-state index is 12.6. The third-order valence-electron chi connectivity index (χ3n) is 5.97. The number of anilines is 1. The Morgan fingerprint density at radius 1 is 1.05 bits per heavy atom.